The van der Waals surface area contributed by atoms with E-state index < -0.39 is 43.3 Å². The second-order valence-electron chi connectivity index (χ2n) is 8.82. The van der Waals surface area contributed by atoms with Gasteiger partial charge in [0.2, 0.25) is 5.91 Å². The predicted octanol–water partition coefficient (Wildman–Crippen LogP) is 1.70. The molecule has 2 aromatic rings. The average molecular weight is 520 g/mol. The summed E-state index contributed by atoms with van der Waals surface area (Å²) in [4.78, 5) is 32.3. The molecule has 37 heavy (non-hydrogen) atoms. The van der Waals surface area contributed by atoms with E-state index >= 15 is 0 Å². The monoisotopic (exact) mass is 519 g/mol. The molecule has 1 atom stereocenters. The second kappa shape index (κ2) is 13.2. The number of likely N-dealkylation sites (N-methyl/N-ethyl adjacent to an activating group) is 1. The number of nitrogens with one attached hydrogen (secondary N) is 1. The number of carbonyl (C=O) groups is 2. The van der Waals surface area contributed by atoms with Crippen LogP contribution in [0.3, 0.4) is 0 Å². The zero-order valence-corrected chi connectivity index (χ0v) is 20.9. The Morgan fingerprint density at radius 3 is 2.65 bits per heavy atom. The summed E-state index contributed by atoms with van der Waals surface area (Å²) in [5, 5.41) is 12.0. The lowest BCUT2D eigenvalue weighted by molar-refractivity contribution is -0.131. The predicted molar refractivity (Wildman–Crippen MR) is 130 cm³/mol. The summed E-state index contributed by atoms with van der Waals surface area (Å²) in [5.41, 5.74) is 0.791. The Hall–Kier alpha value is -3.40. The molecule has 2 amide bonds. The van der Waals surface area contributed by atoms with E-state index in [0.29, 0.717) is 49.7 Å². The Kier molecular flexibility index (Phi) is 10.1. The highest BCUT2D eigenvalue weighted by atomic mass is 19.3. The maximum atomic E-state index is 13.6. The van der Waals surface area contributed by atoms with Crippen LogP contribution >= 0.6 is 0 Å². The molecule has 1 N–H and O–H groups in total. The first-order valence-corrected chi connectivity index (χ1v) is 11.9. The largest absolute Gasteiger partial charge is 0.491 e. The Morgan fingerprint density at radius 2 is 1.92 bits per heavy atom. The van der Waals surface area contributed by atoms with Crippen LogP contribution in [0.5, 0.6) is 5.75 Å². The number of pyridine rings is 1. The number of carbonyl (C=O) groups excluding carboxylic acids is 2. The van der Waals surface area contributed by atoms with E-state index in [2.05, 4.69) is 10.3 Å². The van der Waals surface area contributed by atoms with Crippen molar-refractivity contribution in [3.05, 3.63) is 36.0 Å². The number of hydrogen-bond acceptors (Lipinski definition) is 8. The molecule has 0 aliphatic carbocycles. The number of amides is 2. The van der Waals surface area contributed by atoms with E-state index in [-0.39, 0.29) is 5.56 Å². The number of halogens is 2. The van der Waals surface area contributed by atoms with Crippen LogP contribution in [0, 0.1) is 11.3 Å². The molecule has 1 aliphatic rings. The van der Waals surface area contributed by atoms with Crippen molar-refractivity contribution >= 4 is 22.7 Å². The number of nitriles is 1. The molecule has 0 bridgehead atoms. The average Bonchev–Trinajstić information content (AvgIpc) is 3.20. The molecule has 12 heteroatoms. The summed E-state index contributed by atoms with van der Waals surface area (Å²) in [5.74, 6) is -3.94. The summed E-state index contributed by atoms with van der Waals surface area (Å²) >= 11 is 0. The molecule has 10 nitrogen and oxygen atoms in total. The van der Waals surface area contributed by atoms with Crippen LogP contribution in [0.4, 0.5) is 8.78 Å². The van der Waals surface area contributed by atoms with Crippen molar-refractivity contribution in [1.29, 1.82) is 5.26 Å². The quantitative estimate of drug-likeness (QED) is 0.398. The number of hydrogen-bond donors (Lipinski definition) is 1. The summed E-state index contributed by atoms with van der Waals surface area (Å²) in [6, 6.07) is 7.07. The SMILES string of the molecule is CN(C)CCOCCOCCOc1ccc2nccc(C(=O)NCC(=O)N3CC(F)(F)C[C@H]3C#N)c2c1. The van der Waals surface area contributed by atoms with Crippen molar-refractivity contribution in [2.75, 3.05) is 66.8 Å². The second-order valence-corrected chi connectivity index (χ2v) is 8.82. The molecule has 0 radical (unpaired) electrons. The molecular formula is C25H31F2N5O5. The first-order chi connectivity index (χ1) is 17.7. The molecule has 1 saturated heterocycles. The van der Waals surface area contributed by atoms with Crippen molar-refractivity contribution in [3.8, 4) is 11.8 Å². The van der Waals surface area contributed by atoms with Gasteiger partial charge in [-0.15, -0.1) is 0 Å². The Morgan fingerprint density at radius 1 is 1.19 bits per heavy atom. The zero-order valence-electron chi connectivity index (χ0n) is 20.9. The first-order valence-electron chi connectivity index (χ1n) is 11.9. The minimum Gasteiger partial charge on any atom is -0.491 e. The third-order valence-electron chi connectivity index (χ3n) is 5.65. The molecular weight excluding hydrogens is 488 g/mol. The van der Waals surface area contributed by atoms with Gasteiger partial charge >= 0.3 is 0 Å². The fraction of sp³-hybridized carbons (Fsp3) is 0.520. The van der Waals surface area contributed by atoms with Crippen LogP contribution in [0.1, 0.15) is 16.8 Å². The van der Waals surface area contributed by atoms with Crippen LogP contribution in [-0.4, -0.2) is 105 Å². The van der Waals surface area contributed by atoms with Gasteiger partial charge in [0.1, 0.15) is 18.4 Å². The van der Waals surface area contributed by atoms with Gasteiger partial charge in [-0.3, -0.25) is 14.6 Å². The lowest BCUT2D eigenvalue weighted by Gasteiger charge is -2.19. The van der Waals surface area contributed by atoms with Crippen molar-refractivity contribution in [2.45, 2.75) is 18.4 Å². The van der Waals surface area contributed by atoms with Gasteiger partial charge in [0.15, 0.2) is 0 Å². The number of alkyl halides is 2. The fourth-order valence-corrected chi connectivity index (χ4v) is 3.75. The maximum absolute atomic E-state index is 13.6. The minimum absolute atomic E-state index is 0.248. The molecule has 200 valence electrons. The smallest absolute Gasteiger partial charge is 0.268 e. The molecule has 0 saturated carbocycles. The van der Waals surface area contributed by atoms with Gasteiger partial charge in [-0.1, -0.05) is 0 Å². The van der Waals surface area contributed by atoms with Crippen molar-refractivity contribution in [2.24, 2.45) is 0 Å². The number of ether oxygens (including phenoxy) is 3. The Bertz CT molecular complexity index is 1120. The molecule has 1 aliphatic heterocycles. The highest BCUT2D eigenvalue weighted by Crippen LogP contribution is 2.31. The number of benzene rings is 1. The zero-order chi connectivity index (χ0) is 26.8. The van der Waals surface area contributed by atoms with Crippen LogP contribution in [0.2, 0.25) is 0 Å². The molecule has 2 heterocycles. The van der Waals surface area contributed by atoms with Gasteiger partial charge in [0.25, 0.3) is 11.8 Å². The third-order valence-corrected chi connectivity index (χ3v) is 5.65. The van der Waals surface area contributed by atoms with Crippen molar-refractivity contribution in [3.63, 3.8) is 0 Å². The lowest BCUT2D eigenvalue weighted by atomic mass is 10.1. The summed E-state index contributed by atoms with van der Waals surface area (Å²) in [7, 11) is 3.95. The van der Waals surface area contributed by atoms with Gasteiger partial charge in [0.05, 0.1) is 56.7 Å². The molecule has 3 rings (SSSR count). The standard InChI is InChI=1S/C25H31F2N5O5/c1-31(2)7-8-35-9-10-36-11-12-37-19-3-4-22-21(13-19)20(5-6-29-22)24(34)30-16-23(33)32-17-25(26,27)14-18(32)15-28/h3-6,13,18H,7-12,14,16-17H2,1-2H3,(H,30,34)/t18-/m0/s1. The van der Waals surface area contributed by atoms with Gasteiger partial charge < -0.3 is 29.3 Å². The number of aromatic nitrogens is 1. The van der Waals surface area contributed by atoms with E-state index in [0.717, 1.165) is 11.4 Å². The van der Waals surface area contributed by atoms with E-state index in [1.165, 1.54) is 12.3 Å². The molecule has 0 spiro atoms. The van der Waals surface area contributed by atoms with E-state index in [4.69, 9.17) is 19.5 Å². The third kappa shape index (κ3) is 8.31. The fourth-order valence-electron chi connectivity index (χ4n) is 3.75. The molecule has 1 fully saturated rings. The van der Waals surface area contributed by atoms with E-state index in [1.54, 1.807) is 24.3 Å². The summed E-state index contributed by atoms with van der Waals surface area (Å²) < 4.78 is 43.9. The topological polar surface area (TPSA) is 117 Å². The number of likely N-dealkylation sites (tertiary alicyclic amines) is 1. The lowest BCUT2D eigenvalue weighted by Crippen LogP contribution is -2.43. The molecule has 1 aromatic carbocycles. The van der Waals surface area contributed by atoms with E-state index in [9.17, 15) is 18.4 Å². The van der Waals surface area contributed by atoms with Crippen LogP contribution in [0.25, 0.3) is 10.9 Å². The van der Waals surface area contributed by atoms with Crippen LogP contribution in [0.15, 0.2) is 30.5 Å². The Labute approximate surface area is 214 Å². The van der Waals surface area contributed by atoms with Gasteiger partial charge in [0, 0.05) is 24.5 Å². The highest BCUT2D eigenvalue weighted by molar-refractivity contribution is 6.07. The van der Waals surface area contributed by atoms with Gasteiger partial charge in [-0.2, -0.15) is 5.26 Å². The first kappa shape index (κ1) is 28.2. The Balaban J connectivity index is 1.51. The van der Waals surface area contributed by atoms with Crippen molar-refractivity contribution < 1.29 is 32.6 Å². The summed E-state index contributed by atoms with van der Waals surface area (Å²) in [6.45, 7) is 1.72. The number of rotatable bonds is 13. The normalized spacial score (nSPS) is 16.6. The molecule has 0 unspecified atom stereocenters. The number of fused-ring (bicyclic) bond motifs is 1. The van der Waals surface area contributed by atoms with Gasteiger partial charge in [-0.05, 0) is 38.4 Å². The minimum atomic E-state index is -3.12. The van der Waals surface area contributed by atoms with E-state index in [1.807, 2.05) is 19.0 Å². The van der Waals surface area contributed by atoms with Crippen LogP contribution in [-0.2, 0) is 14.3 Å². The number of nitrogens with zero attached hydrogens (tertiary/aromatic N) is 4. The summed E-state index contributed by atoms with van der Waals surface area (Å²) in [6.07, 6.45) is 0.747. The highest BCUT2D eigenvalue weighted by Gasteiger charge is 2.47. The molecule has 1 aromatic heterocycles. The van der Waals surface area contributed by atoms with Crippen LogP contribution < -0.4 is 10.1 Å². The van der Waals surface area contributed by atoms with Gasteiger partial charge in [-0.25, -0.2) is 8.78 Å². The van der Waals surface area contributed by atoms with Crippen molar-refractivity contribution in [1.82, 2.24) is 20.1 Å². The maximum Gasteiger partial charge on any atom is 0.268 e.